The van der Waals surface area contributed by atoms with Crippen molar-refractivity contribution in [1.82, 2.24) is 9.97 Å². The second-order valence-corrected chi connectivity index (χ2v) is 11.2. The van der Waals surface area contributed by atoms with Crippen LogP contribution in [0.5, 0.6) is 11.5 Å². The SMILES string of the molecule is COC[C@](O)(Cc1ccc2cc(C(N)=O)cc(OC3CC3)c2n1)c1cc2c(c(-c3ccc(F)cc3)n1)OC[C@@]2(N)C(F)(F)F. The maximum absolute atomic E-state index is 14.3. The third-order valence-corrected chi connectivity index (χ3v) is 7.77. The van der Waals surface area contributed by atoms with Crippen LogP contribution in [0.2, 0.25) is 0 Å². The minimum Gasteiger partial charge on any atom is -0.488 e. The Balaban J connectivity index is 1.48. The molecule has 2 atom stereocenters. The topological polar surface area (TPSA) is 143 Å². The number of methoxy groups -OCH3 is 1. The fourth-order valence-corrected chi connectivity index (χ4v) is 5.24. The van der Waals surface area contributed by atoms with Gasteiger partial charge in [-0.3, -0.25) is 4.79 Å². The second kappa shape index (κ2) is 10.7. The Labute approximate surface area is 248 Å². The number of ether oxygens (including phenoxy) is 3. The molecule has 0 spiro atoms. The van der Waals surface area contributed by atoms with Crippen LogP contribution in [-0.4, -0.2) is 53.6 Å². The average molecular weight is 613 g/mol. The Kier molecular flexibility index (Phi) is 7.22. The number of nitrogens with zero attached hydrogens (tertiary/aromatic N) is 2. The summed E-state index contributed by atoms with van der Waals surface area (Å²) in [5.74, 6) is -1.06. The number of hydrogen-bond donors (Lipinski definition) is 3. The summed E-state index contributed by atoms with van der Waals surface area (Å²) in [5, 5.41) is 12.6. The molecule has 5 N–H and O–H groups in total. The van der Waals surface area contributed by atoms with Gasteiger partial charge in [0.1, 0.15) is 35.0 Å². The minimum atomic E-state index is -4.90. The van der Waals surface area contributed by atoms with Crippen LogP contribution in [0.25, 0.3) is 22.2 Å². The van der Waals surface area contributed by atoms with Gasteiger partial charge in [-0.05, 0) is 61.4 Å². The Morgan fingerprint density at radius 3 is 2.48 bits per heavy atom. The molecule has 230 valence electrons. The number of hydrogen-bond acceptors (Lipinski definition) is 8. The number of aliphatic hydroxyl groups is 1. The highest BCUT2D eigenvalue weighted by atomic mass is 19.4. The first-order chi connectivity index (χ1) is 20.8. The van der Waals surface area contributed by atoms with Crippen molar-refractivity contribution in [3.05, 3.63) is 82.9 Å². The smallest absolute Gasteiger partial charge is 0.414 e. The number of nitrogens with two attached hydrogens (primary N) is 2. The summed E-state index contributed by atoms with van der Waals surface area (Å²) in [6, 6.07) is 12.4. The summed E-state index contributed by atoms with van der Waals surface area (Å²) in [6.07, 6.45) is -3.47. The normalized spacial score (nSPS) is 19.3. The van der Waals surface area contributed by atoms with Gasteiger partial charge in [0, 0.05) is 41.3 Å². The number of carbonyl (C=O) groups is 1. The standard InChI is InChI=1S/C31H28F4N4O5/c1-42-14-29(41,13-20-7-4-17-10-18(28(36)40)11-23(25(17)38-20)44-21-8-9-21)24-12-22-27(43-15-30(22,37)31(33,34)35)26(39-24)16-2-5-19(32)6-3-16/h2-7,10-12,21,41H,8-9,13-15,37H2,1H3,(H2,36,40)/t29-,30+/m1/s1. The highest BCUT2D eigenvalue weighted by Crippen LogP contribution is 2.50. The lowest BCUT2D eigenvalue weighted by Crippen LogP contribution is -2.52. The van der Waals surface area contributed by atoms with E-state index in [0.29, 0.717) is 22.3 Å². The zero-order chi connectivity index (χ0) is 31.4. The number of halogens is 4. The predicted molar refractivity (Wildman–Crippen MR) is 150 cm³/mol. The Morgan fingerprint density at radius 1 is 1.11 bits per heavy atom. The minimum absolute atomic E-state index is 0.0231. The summed E-state index contributed by atoms with van der Waals surface area (Å²) in [7, 11) is 1.33. The highest BCUT2D eigenvalue weighted by molar-refractivity contribution is 5.99. The first kappa shape index (κ1) is 29.7. The van der Waals surface area contributed by atoms with Gasteiger partial charge in [-0.2, -0.15) is 13.2 Å². The van der Waals surface area contributed by atoms with Crippen LogP contribution in [0.3, 0.4) is 0 Å². The molecular formula is C31H28F4N4O5. The van der Waals surface area contributed by atoms with Crippen LogP contribution in [0.1, 0.15) is 40.2 Å². The van der Waals surface area contributed by atoms with Gasteiger partial charge in [-0.15, -0.1) is 0 Å². The third kappa shape index (κ3) is 5.31. The van der Waals surface area contributed by atoms with E-state index in [-0.39, 0.29) is 47.4 Å². The van der Waals surface area contributed by atoms with E-state index < -0.39 is 41.2 Å². The summed E-state index contributed by atoms with van der Waals surface area (Å²) >= 11 is 0. The van der Waals surface area contributed by atoms with E-state index in [0.717, 1.165) is 31.0 Å². The van der Waals surface area contributed by atoms with Gasteiger partial charge in [0.25, 0.3) is 0 Å². The second-order valence-electron chi connectivity index (χ2n) is 11.2. The Morgan fingerprint density at radius 2 is 1.84 bits per heavy atom. The van der Waals surface area contributed by atoms with Gasteiger partial charge in [0.2, 0.25) is 5.91 Å². The molecule has 1 fully saturated rings. The third-order valence-electron chi connectivity index (χ3n) is 7.77. The number of pyridine rings is 2. The van der Waals surface area contributed by atoms with Crippen LogP contribution in [0, 0.1) is 5.82 Å². The molecule has 0 radical (unpaired) electrons. The number of carbonyl (C=O) groups excluding carboxylic acids is 1. The van der Waals surface area contributed by atoms with Crippen molar-refractivity contribution >= 4 is 16.8 Å². The van der Waals surface area contributed by atoms with Crippen LogP contribution in [0.4, 0.5) is 17.6 Å². The zero-order valence-electron chi connectivity index (χ0n) is 23.5. The quantitative estimate of drug-likeness (QED) is 0.238. The molecule has 6 rings (SSSR count). The van der Waals surface area contributed by atoms with Crippen molar-refractivity contribution in [3.8, 4) is 22.8 Å². The molecule has 0 saturated heterocycles. The van der Waals surface area contributed by atoms with Gasteiger partial charge in [0.05, 0.1) is 18.4 Å². The van der Waals surface area contributed by atoms with Crippen LogP contribution in [-0.2, 0) is 22.3 Å². The first-order valence-electron chi connectivity index (χ1n) is 13.7. The highest BCUT2D eigenvalue weighted by Gasteiger charge is 2.59. The Hall–Kier alpha value is -4.33. The largest absolute Gasteiger partial charge is 0.488 e. The van der Waals surface area contributed by atoms with E-state index in [2.05, 4.69) is 9.97 Å². The molecule has 2 aromatic carbocycles. The van der Waals surface area contributed by atoms with Crippen molar-refractivity contribution in [2.24, 2.45) is 11.5 Å². The lowest BCUT2D eigenvalue weighted by atomic mass is 9.86. The monoisotopic (exact) mass is 612 g/mol. The van der Waals surface area contributed by atoms with E-state index >= 15 is 0 Å². The number of alkyl halides is 3. The molecule has 44 heavy (non-hydrogen) atoms. The van der Waals surface area contributed by atoms with E-state index in [9.17, 15) is 27.5 Å². The fourth-order valence-electron chi connectivity index (χ4n) is 5.24. The molecule has 1 aliphatic carbocycles. The lowest BCUT2D eigenvalue weighted by molar-refractivity contribution is -0.191. The van der Waals surface area contributed by atoms with Gasteiger partial charge in [0.15, 0.2) is 11.3 Å². The number of fused-ring (bicyclic) bond motifs is 2. The maximum atomic E-state index is 14.3. The molecule has 13 heteroatoms. The van der Waals surface area contributed by atoms with Crippen molar-refractivity contribution in [1.29, 1.82) is 0 Å². The number of primary amides is 1. The maximum Gasteiger partial charge on any atom is 0.414 e. The molecule has 2 aliphatic rings. The average Bonchev–Trinajstić information content (AvgIpc) is 3.72. The number of aromatic nitrogens is 2. The Bertz CT molecular complexity index is 1760. The molecule has 1 saturated carbocycles. The van der Waals surface area contributed by atoms with Crippen LogP contribution in [0.15, 0.2) is 54.6 Å². The molecule has 9 nitrogen and oxygen atoms in total. The van der Waals surface area contributed by atoms with Gasteiger partial charge in [-0.25, -0.2) is 14.4 Å². The molecular weight excluding hydrogens is 584 g/mol. The van der Waals surface area contributed by atoms with Crippen molar-refractivity contribution in [3.63, 3.8) is 0 Å². The molecule has 2 aromatic heterocycles. The molecule has 1 amide bonds. The van der Waals surface area contributed by atoms with Crippen LogP contribution >= 0.6 is 0 Å². The number of amides is 1. The van der Waals surface area contributed by atoms with Gasteiger partial charge in [-0.1, -0.05) is 6.07 Å². The van der Waals surface area contributed by atoms with Gasteiger partial charge >= 0.3 is 6.18 Å². The number of rotatable bonds is 9. The molecule has 3 heterocycles. The summed E-state index contributed by atoms with van der Waals surface area (Å²) in [6.45, 7) is -1.28. The van der Waals surface area contributed by atoms with Gasteiger partial charge < -0.3 is 30.8 Å². The summed E-state index contributed by atoms with van der Waals surface area (Å²) in [4.78, 5) is 21.1. The molecule has 1 aliphatic heterocycles. The van der Waals surface area contributed by atoms with Crippen LogP contribution < -0.4 is 20.9 Å². The van der Waals surface area contributed by atoms with E-state index in [1.165, 1.54) is 25.3 Å². The van der Waals surface area contributed by atoms with E-state index in [1.54, 1.807) is 18.2 Å². The lowest BCUT2D eigenvalue weighted by Gasteiger charge is -2.30. The number of benzene rings is 2. The fraction of sp³-hybridized carbons (Fsp3) is 0.323. The van der Waals surface area contributed by atoms with Crippen molar-refractivity contribution < 1.29 is 41.7 Å². The van der Waals surface area contributed by atoms with Crippen molar-refractivity contribution in [2.75, 3.05) is 20.3 Å². The summed E-state index contributed by atoms with van der Waals surface area (Å²) in [5.41, 5.74) is 7.12. The van der Waals surface area contributed by atoms with E-state index in [4.69, 9.17) is 25.7 Å². The first-order valence-corrected chi connectivity index (χ1v) is 13.7. The molecule has 0 unspecified atom stereocenters. The predicted octanol–water partition coefficient (Wildman–Crippen LogP) is 4.26. The molecule has 0 bridgehead atoms. The summed E-state index contributed by atoms with van der Waals surface area (Å²) < 4.78 is 73.3. The van der Waals surface area contributed by atoms with Crippen molar-refractivity contribution in [2.45, 2.75) is 42.7 Å². The zero-order valence-corrected chi connectivity index (χ0v) is 23.5. The molecule has 4 aromatic rings. The van der Waals surface area contributed by atoms with E-state index in [1.807, 2.05) is 0 Å².